The summed E-state index contributed by atoms with van der Waals surface area (Å²) in [6, 6.07) is 8.45. The average Bonchev–Trinajstić information content (AvgIpc) is 2.83. The molecule has 0 radical (unpaired) electrons. The van der Waals surface area contributed by atoms with Crippen molar-refractivity contribution >= 4 is 11.4 Å². The molecule has 1 aromatic carbocycles. The highest BCUT2D eigenvalue weighted by Crippen LogP contribution is 2.31. The summed E-state index contributed by atoms with van der Waals surface area (Å²) in [6.07, 6.45) is -0.740. The molecule has 2 rings (SSSR count). The Morgan fingerprint density at radius 3 is 2.62 bits per heavy atom. The van der Waals surface area contributed by atoms with Crippen LogP contribution in [0, 0.1) is 17.0 Å². The Balaban J connectivity index is 2.31. The van der Waals surface area contributed by atoms with Gasteiger partial charge in [-0.25, -0.2) is 0 Å². The maximum atomic E-state index is 11.2. The molecule has 0 amide bonds. The molecule has 1 atom stereocenters. The van der Waals surface area contributed by atoms with Crippen molar-refractivity contribution in [1.29, 1.82) is 0 Å². The van der Waals surface area contributed by atoms with Crippen molar-refractivity contribution in [2.24, 2.45) is 0 Å². The minimum atomic E-state index is -0.740. The molecule has 1 aromatic heterocycles. The molecule has 0 aliphatic rings. The van der Waals surface area contributed by atoms with E-state index in [0.29, 0.717) is 17.8 Å². The van der Waals surface area contributed by atoms with Crippen molar-refractivity contribution in [2.75, 3.05) is 11.9 Å². The van der Waals surface area contributed by atoms with Crippen molar-refractivity contribution in [2.45, 2.75) is 26.5 Å². The van der Waals surface area contributed by atoms with Crippen LogP contribution in [0.3, 0.4) is 0 Å². The summed E-state index contributed by atoms with van der Waals surface area (Å²) < 4.78 is 5.49. The lowest BCUT2D eigenvalue weighted by Crippen LogP contribution is -2.17. The third-order valence-electron chi connectivity index (χ3n) is 3.28. The Hall–Kier alpha value is -2.34. The van der Waals surface area contributed by atoms with Gasteiger partial charge in [-0.15, -0.1) is 0 Å². The highest BCUT2D eigenvalue weighted by Gasteiger charge is 2.20. The number of benzene rings is 1. The van der Waals surface area contributed by atoms with Gasteiger partial charge in [0.1, 0.15) is 17.2 Å². The van der Waals surface area contributed by atoms with Crippen molar-refractivity contribution in [3.63, 3.8) is 0 Å². The average molecular weight is 290 g/mol. The smallest absolute Gasteiger partial charge is 0.292 e. The van der Waals surface area contributed by atoms with E-state index >= 15 is 0 Å². The van der Waals surface area contributed by atoms with Crippen LogP contribution in [-0.4, -0.2) is 17.1 Å². The topological polar surface area (TPSA) is 79.8 Å². The number of aliphatic hydroxyl groups is 1. The van der Waals surface area contributed by atoms with Gasteiger partial charge in [-0.05, 0) is 37.6 Å². The summed E-state index contributed by atoms with van der Waals surface area (Å²) >= 11 is 0. The van der Waals surface area contributed by atoms with E-state index in [1.54, 1.807) is 31.0 Å². The third-order valence-corrected chi connectivity index (χ3v) is 3.28. The maximum Gasteiger partial charge on any atom is 0.292 e. The van der Waals surface area contributed by atoms with Crippen LogP contribution in [0.2, 0.25) is 0 Å². The van der Waals surface area contributed by atoms with Gasteiger partial charge in [0.15, 0.2) is 0 Å². The van der Waals surface area contributed by atoms with Crippen LogP contribution < -0.4 is 4.90 Å². The van der Waals surface area contributed by atoms with Gasteiger partial charge < -0.3 is 14.4 Å². The van der Waals surface area contributed by atoms with Gasteiger partial charge in [0.25, 0.3) is 5.69 Å². The van der Waals surface area contributed by atoms with Crippen LogP contribution in [0.4, 0.5) is 11.4 Å². The normalized spacial score (nSPS) is 12.2. The molecule has 1 N–H and O–H groups in total. The van der Waals surface area contributed by atoms with E-state index in [1.807, 2.05) is 19.1 Å². The van der Waals surface area contributed by atoms with Crippen LogP contribution in [0.1, 0.15) is 30.1 Å². The first kappa shape index (κ1) is 15.1. The molecule has 1 heterocycles. The summed E-state index contributed by atoms with van der Waals surface area (Å²) in [5.74, 6) is 1.54. The third kappa shape index (κ3) is 3.41. The molecule has 0 saturated heterocycles. The summed E-state index contributed by atoms with van der Waals surface area (Å²) in [7, 11) is 1.77. The molecule has 0 aliphatic heterocycles. The van der Waals surface area contributed by atoms with E-state index in [4.69, 9.17) is 4.42 Å². The van der Waals surface area contributed by atoms with Gasteiger partial charge in [0, 0.05) is 13.1 Å². The van der Waals surface area contributed by atoms with Gasteiger partial charge in [-0.2, -0.15) is 0 Å². The Kier molecular flexibility index (Phi) is 4.28. The van der Waals surface area contributed by atoms with E-state index in [0.717, 1.165) is 11.5 Å². The SMILES string of the molecule is Cc1ccc(CN(C)c2ccc([C@@H](C)O)cc2[N+](=O)[O-])o1. The molecule has 0 fully saturated rings. The molecular weight excluding hydrogens is 272 g/mol. The van der Waals surface area contributed by atoms with Gasteiger partial charge in [-0.3, -0.25) is 10.1 Å². The number of anilines is 1. The molecule has 0 bridgehead atoms. The van der Waals surface area contributed by atoms with E-state index in [-0.39, 0.29) is 5.69 Å². The van der Waals surface area contributed by atoms with Crippen molar-refractivity contribution in [3.05, 3.63) is 57.5 Å². The first-order chi connectivity index (χ1) is 9.88. The van der Waals surface area contributed by atoms with Gasteiger partial charge in [-0.1, -0.05) is 6.07 Å². The second-order valence-electron chi connectivity index (χ2n) is 5.05. The molecule has 0 aliphatic carbocycles. The highest BCUT2D eigenvalue weighted by atomic mass is 16.6. The molecule has 21 heavy (non-hydrogen) atoms. The molecule has 112 valence electrons. The fourth-order valence-electron chi connectivity index (χ4n) is 2.16. The number of nitro benzene ring substituents is 1. The Labute approximate surface area is 122 Å². The molecule has 6 heteroatoms. The zero-order valence-electron chi connectivity index (χ0n) is 12.2. The van der Waals surface area contributed by atoms with Gasteiger partial charge in [0.05, 0.1) is 17.6 Å². The molecule has 0 saturated carbocycles. The van der Waals surface area contributed by atoms with Gasteiger partial charge in [0.2, 0.25) is 0 Å². The van der Waals surface area contributed by atoms with E-state index in [1.165, 1.54) is 6.07 Å². The van der Waals surface area contributed by atoms with Crippen LogP contribution in [-0.2, 0) is 6.54 Å². The number of hydrogen-bond acceptors (Lipinski definition) is 5. The van der Waals surface area contributed by atoms with Crippen LogP contribution in [0.15, 0.2) is 34.7 Å². The zero-order chi connectivity index (χ0) is 15.6. The quantitative estimate of drug-likeness (QED) is 0.675. The fourth-order valence-corrected chi connectivity index (χ4v) is 2.16. The van der Waals surface area contributed by atoms with Crippen molar-refractivity contribution in [1.82, 2.24) is 0 Å². The first-order valence-corrected chi connectivity index (χ1v) is 6.61. The Bertz CT molecular complexity index is 649. The number of nitro groups is 1. The lowest BCUT2D eigenvalue weighted by atomic mass is 10.1. The lowest BCUT2D eigenvalue weighted by molar-refractivity contribution is -0.384. The Morgan fingerprint density at radius 1 is 1.38 bits per heavy atom. The largest absolute Gasteiger partial charge is 0.464 e. The second kappa shape index (κ2) is 5.97. The number of aryl methyl sites for hydroxylation is 1. The minimum Gasteiger partial charge on any atom is -0.464 e. The second-order valence-corrected chi connectivity index (χ2v) is 5.05. The predicted molar refractivity (Wildman–Crippen MR) is 79.3 cm³/mol. The number of nitrogens with zero attached hydrogens (tertiary/aromatic N) is 2. The van der Waals surface area contributed by atoms with Crippen molar-refractivity contribution in [3.8, 4) is 0 Å². The number of rotatable bonds is 5. The summed E-state index contributed by atoms with van der Waals surface area (Å²) in [4.78, 5) is 12.5. The highest BCUT2D eigenvalue weighted by molar-refractivity contribution is 5.64. The van der Waals surface area contributed by atoms with E-state index in [2.05, 4.69) is 0 Å². The molecule has 6 nitrogen and oxygen atoms in total. The summed E-state index contributed by atoms with van der Waals surface area (Å²) in [5, 5.41) is 20.8. The van der Waals surface area contributed by atoms with Crippen molar-refractivity contribution < 1.29 is 14.4 Å². The van der Waals surface area contributed by atoms with Crippen LogP contribution in [0.5, 0.6) is 0 Å². The lowest BCUT2D eigenvalue weighted by Gasteiger charge is -2.18. The van der Waals surface area contributed by atoms with E-state index < -0.39 is 11.0 Å². The Morgan fingerprint density at radius 2 is 2.10 bits per heavy atom. The number of furan rings is 1. The van der Waals surface area contributed by atoms with E-state index in [9.17, 15) is 15.2 Å². The fraction of sp³-hybridized carbons (Fsp3) is 0.333. The number of hydrogen-bond donors (Lipinski definition) is 1. The van der Waals surface area contributed by atoms with Crippen LogP contribution >= 0.6 is 0 Å². The standard InChI is InChI=1S/C15H18N2O4/c1-10-4-6-13(21-10)9-16(3)14-7-5-12(11(2)18)8-15(14)17(19)20/h4-8,11,18H,9H2,1-3H3/t11-/m1/s1. The maximum absolute atomic E-state index is 11.2. The van der Waals surface area contributed by atoms with Gasteiger partial charge >= 0.3 is 0 Å². The monoisotopic (exact) mass is 290 g/mol. The summed E-state index contributed by atoms with van der Waals surface area (Å²) in [6.45, 7) is 3.86. The molecule has 2 aromatic rings. The molecule has 0 spiro atoms. The predicted octanol–water partition coefficient (Wildman–Crippen LogP) is 3.19. The number of aliphatic hydroxyl groups excluding tert-OH is 1. The zero-order valence-corrected chi connectivity index (χ0v) is 12.2. The molecule has 0 unspecified atom stereocenters. The minimum absolute atomic E-state index is 0.0285. The van der Waals surface area contributed by atoms with Crippen LogP contribution in [0.25, 0.3) is 0 Å². The molecular formula is C15H18N2O4. The first-order valence-electron chi connectivity index (χ1n) is 6.61. The summed E-state index contributed by atoms with van der Waals surface area (Å²) in [5.41, 5.74) is 0.977.